The van der Waals surface area contributed by atoms with Gasteiger partial charge in [-0.15, -0.1) is 0 Å². The second-order valence-corrected chi connectivity index (χ2v) is 7.45. The van der Waals surface area contributed by atoms with Gasteiger partial charge in [-0.05, 0) is 56.4 Å². The second kappa shape index (κ2) is 9.12. The molecule has 1 saturated carbocycles. The van der Waals surface area contributed by atoms with Crippen LogP contribution in [0.3, 0.4) is 0 Å². The van der Waals surface area contributed by atoms with E-state index in [1.54, 1.807) is 0 Å². The van der Waals surface area contributed by atoms with Crippen LogP contribution in [0.1, 0.15) is 59.3 Å². The molecule has 3 nitrogen and oxygen atoms in total. The van der Waals surface area contributed by atoms with Gasteiger partial charge in [-0.3, -0.25) is 0 Å². The minimum Gasteiger partial charge on any atom is -0.379 e. The smallest absolute Gasteiger partial charge is 0.0809 e. The Morgan fingerprint density at radius 1 is 1.24 bits per heavy atom. The third-order valence-electron chi connectivity index (χ3n) is 5.22. The number of ether oxygens (including phenoxy) is 2. The summed E-state index contributed by atoms with van der Waals surface area (Å²) in [4.78, 5) is 0. The molecule has 0 aromatic carbocycles. The topological polar surface area (TPSA) is 30.5 Å². The minimum atomic E-state index is 0.363. The molecule has 0 amide bonds. The Hall–Kier alpha value is -0.120. The van der Waals surface area contributed by atoms with Gasteiger partial charge in [0.1, 0.15) is 0 Å². The standard InChI is InChI=1S/C18H35NO2/c1-14(2)17-8-7-15(3)12-18(17)19-9-5-10-20-13-16-6-4-11-21-16/h14-19H,4-13H2,1-3H3. The zero-order valence-electron chi connectivity index (χ0n) is 14.3. The van der Waals surface area contributed by atoms with Crippen LogP contribution in [0.15, 0.2) is 0 Å². The van der Waals surface area contributed by atoms with Crippen LogP contribution in [0.2, 0.25) is 0 Å². The molecule has 21 heavy (non-hydrogen) atoms. The van der Waals surface area contributed by atoms with Crippen molar-refractivity contribution in [2.75, 3.05) is 26.4 Å². The lowest BCUT2D eigenvalue weighted by molar-refractivity contribution is 0.0162. The van der Waals surface area contributed by atoms with Gasteiger partial charge in [0, 0.05) is 19.3 Å². The van der Waals surface area contributed by atoms with Crippen molar-refractivity contribution in [2.24, 2.45) is 17.8 Å². The van der Waals surface area contributed by atoms with E-state index in [1.165, 1.54) is 32.1 Å². The largest absolute Gasteiger partial charge is 0.379 e. The summed E-state index contributed by atoms with van der Waals surface area (Å²) in [7, 11) is 0. The van der Waals surface area contributed by atoms with Gasteiger partial charge in [0.2, 0.25) is 0 Å². The first-order valence-corrected chi connectivity index (χ1v) is 9.09. The molecule has 1 aliphatic carbocycles. The van der Waals surface area contributed by atoms with Crippen molar-refractivity contribution in [2.45, 2.75) is 71.4 Å². The van der Waals surface area contributed by atoms with Crippen molar-refractivity contribution in [3.63, 3.8) is 0 Å². The Morgan fingerprint density at radius 2 is 2.10 bits per heavy atom. The van der Waals surface area contributed by atoms with E-state index >= 15 is 0 Å². The van der Waals surface area contributed by atoms with Crippen LogP contribution >= 0.6 is 0 Å². The van der Waals surface area contributed by atoms with Gasteiger partial charge in [-0.1, -0.05) is 27.2 Å². The highest BCUT2D eigenvalue weighted by Crippen LogP contribution is 2.33. The fourth-order valence-corrected chi connectivity index (χ4v) is 3.89. The minimum absolute atomic E-state index is 0.363. The molecular formula is C18H35NO2. The Balaban J connectivity index is 1.55. The van der Waals surface area contributed by atoms with Gasteiger partial charge in [0.25, 0.3) is 0 Å². The average molecular weight is 297 g/mol. The SMILES string of the molecule is CC1CCC(C(C)C)C(NCCCOCC2CCCO2)C1. The third-order valence-corrected chi connectivity index (χ3v) is 5.22. The fourth-order valence-electron chi connectivity index (χ4n) is 3.89. The average Bonchev–Trinajstić information content (AvgIpc) is 2.95. The van der Waals surface area contributed by atoms with Crippen LogP contribution in [-0.2, 0) is 9.47 Å². The van der Waals surface area contributed by atoms with Crippen LogP contribution in [-0.4, -0.2) is 38.5 Å². The molecule has 4 unspecified atom stereocenters. The Labute approximate surface area is 131 Å². The van der Waals surface area contributed by atoms with Gasteiger partial charge in [-0.2, -0.15) is 0 Å². The number of hydrogen-bond acceptors (Lipinski definition) is 3. The van der Waals surface area contributed by atoms with E-state index in [9.17, 15) is 0 Å². The van der Waals surface area contributed by atoms with Crippen molar-refractivity contribution in [3.05, 3.63) is 0 Å². The first-order chi connectivity index (χ1) is 10.2. The third kappa shape index (κ3) is 5.88. The normalized spacial score (nSPS) is 33.7. The molecule has 0 bridgehead atoms. The number of hydrogen-bond donors (Lipinski definition) is 1. The highest BCUT2D eigenvalue weighted by Gasteiger charge is 2.29. The lowest BCUT2D eigenvalue weighted by Crippen LogP contribution is -2.43. The Morgan fingerprint density at radius 3 is 2.81 bits per heavy atom. The van der Waals surface area contributed by atoms with Gasteiger partial charge < -0.3 is 14.8 Å². The maximum absolute atomic E-state index is 5.74. The summed E-state index contributed by atoms with van der Waals surface area (Å²) in [6, 6.07) is 0.715. The van der Waals surface area contributed by atoms with Crippen LogP contribution in [0, 0.1) is 17.8 Å². The van der Waals surface area contributed by atoms with Crippen molar-refractivity contribution in [1.29, 1.82) is 0 Å². The quantitative estimate of drug-likeness (QED) is 0.694. The van der Waals surface area contributed by atoms with E-state index in [4.69, 9.17) is 9.47 Å². The lowest BCUT2D eigenvalue weighted by atomic mass is 9.74. The van der Waals surface area contributed by atoms with Crippen LogP contribution in [0.25, 0.3) is 0 Å². The maximum atomic E-state index is 5.74. The van der Waals surface area contributed by atoms with Crippen LogP contribution < -0.4 is 5.32 Å². The summed E-state index contributed by atoms with van der Waals surface area (Å²) >= 11 is 0. The summed E-state index contributed by atoms with van der Waals surface area (Å²) in [6.45, 7) is 10.8. The second-order valence-electron chi connectivity index (χ2n) is 7.45. The molecule has 0 spiro atoms. The van der Waals surface area contributed by atoms with E-state index in [0.29, 0.717) is 12.1 Å². The Kier molecular flexibility index (Phi) is 7.48. The number of nitrogens with one attached hydrogen (secondary N) is 1. The highest BCUT2D eigenvalue weighted by atomic mass is 16.5. The molecule has 1 saturated heterocycles. The molecular weight excluding hydrogens is 262 g/mol. The van der Waals surface area contributed by atoms with Crippen molar-refractivity contribution in [1.82, 2.24) is 5.32 Å². The van der Waals surface area contributed by atoms with Gasteiger partial charge in [0.15, 0.2) is 0 Å². The fraction of sp³-hybridized carbons (Fsp3) is 1.00. The summed E-state index contributed by atoms with van der Waals surface area (Å²) in [6.07, 6.45) is 8.00. The summed E-state index contributed by atoms with van der Waals surface area (Å²) in [5.41, 5.74) is 0. The summed E-state index contributed by atoms with van der Waals surface area (Å²) in [5, 5.41) is 3.80. The van der Waals surface area contributed by atoms with E-state index in [-0.39, 0.29) is 0 Å². The maximum Gasteiger partial charge on any atom is 0.0809 e. The summed E-state index contributed by atoms with van der Waals surface area (Å²) in [5.74, 6) is 2.54. The van der Waals surface area contributed by atoms with E-state index in [1.807, 2.05) is 0 Å². The van der Waals surface area contributed by atoms with E-state index < -0.39 is 0 Å². The molecule has 0 radical (unpaired) electrons. The Bertz CT molecular complexity index is 276. The van der Waals surface area contributed by atoms with Gasteiger partial charge in [-0.25, -0.2) is 0 Å². The molecule has 2 aliphatic rings. The molecule has 1 heterocycles. The summed E-state index contributed by atoms with van der Waals surface area (Å²) < 4.78 is 11.3. The molecule has 2 fully saturated rings. The van der Waals surface area contributed by atoms with E-state index in [0.717, 1.165) is 50.5 Å². The van der Waals surface area contributed by atoms with Gasteiger partial charge >= 0.3 is 0 Å². The molecule has 1 aliphatic heterocycles. The first-order valence-electron chi connectivity index (χ1n) is 9.09. The molecule has 4 atom stereocenters. The molecule has 0 aromatic rings. The zero-order valence-corrected chi connectivity index (χ0v) is 14.3. The van der Waals surface area contributed by atoms with Crippen LogP contribution in [0.5, 0.6) is 0 Å². The van der Waals surface area contributed by atoms with E-state index in [2.05, 4.69) is 26.1 Å². The first kappa shape index (κ1) is 17.2. The predicted octanol–water partition coefficient (Wildman–Crippen LogP) is 3.62. The lowest BCUT2D eigenvalue weighted by Gasteiger charge is -2.38. The zero-order chi connectivity index (χ0) is 15.1. The highest BCUT2D eigenvalue weighted by molar-refractivity contribution is 4.85. The molecule has 0 aromatic heterocycles. The monoisotopic (exact) mass is 297 g/mol. The molecule has 1 N–H and O–H groups in total. The molecule has 2 rings (SSSR count). The van der Waals surface area contributed by atoms with Crippen molar-refractivity contribution in [3.8, 4) is 0 Å². The van der Waals surface area contributed by atoms with Crippen LogP contribution in [0.4, 0.5) is 0 Å². The number of rotatable bonds is 8. The molecule has 3 heteroatoms. The van der Waals surface area contributed by atoms with Gasteiger partial charge in [0.05, 0.1) is 12.7 Å². The molecule has 124 valence electrons. The predicted molar refractivity (Wildman–Crippen MR) is 87.5 cm³/mol. The van der Waals surface area contributed by atoms with Crippen molar-refractivity contribution >= 4 is 0 Å². The van der Waals surface area contributed by atoms with Crippen molar-refractivity contribution < 1.29 is 9.47 Å².